The van der Waals surface area contributed by atoms with Crippen LogP contribution in [0.15, 0.2) is 0 Å². The molecule has 0 aliphatic rings. The minimum atomic E-state index is 0.0870. The van der Waals surface area contributed by atoms with Gasteiger partial charge in [0, 0.05) is 31.1 Å². The topological polar surface area (TPSA) is 67.3 Å². The van der Waals surface area contributed by atoms with Crippen LogP contribution in [0.1, 0.15) is 19.2 Å². The second kappa shape index (κ2) is 7.56. The number of aliphatic hydroxyl groups is 1. The summed E-state index contributed by atoms with van der Waals surface area (Å²) in [6.07, 6.45) is 1.78. The Morgan fingerprint density at radius 2 is 2.33 bits per heavy atom. The fraction of sp³-hybridized carbons (Fsp3) is 0.778. The van der Waals surface area contributed by atoms with Crippen molar-refractivity contribution < 1.29 is 9.84 Å². The average Bonchev–Trinajstić information content (AvgIpc) is 2.71. The van der Waals surface area contributed by atoms with E-state index >= 15 is 0 Å². The van der Waals surface area contributed by atoms with E-state index in [1.807, 2.05) is 6.92 Å². The van der Waals surface area contributed by atoms with Crippen molar-refractivity contribution in [2.75, 3.05) is 31.7 Å². The third-order valence-corrected chi connectivity index (χ3v) is 2.47. The molecule has 0 fully saturated rings. The van der Waals surface area contributed by atoms with E-state index in [2.05, 4.69) is 14.7 Å². The average molecular weight is 231 g/mol. The van der Waals surface area contributed by atoms with Crippen LogP contribution in [-0.2, 0) is 11.2 Å². The number of rotatable bonds is 8. The van der Waals surface area contributed by atoms with Crippen molar-refractivity contribution in [2.24, 2.45) is 0 Å². The molecular formula is C9H17N3O2S. The molecule has 0 amide bonds. The van der Waals surface area contributed by atoms with E-state index in [-0.39, 0.29) is 6.61 Å². The Morgan fingerprint density at radius 1 is 1.47 bits per heavy atom. The Hall–Kier alpha value is -0.720. The highest BCUT2D eigenvalue weighted by atomic mass is 32.1. The third-order valence-electron chi connectivity index (χ3n) is 1.76. The molecule has 5 nitrogen and oxygen atoms in total. The van der Waals surface area contributed by atoms with Crippen LogP contribution in [0.4, 0.5) is 5.13 Å². The number of hydrogen-bond donors (Lipinski definition) is 2. The standard InChI is InChI=1S/C9H17N3O2S/c1-2-8-11-9(15-12-8)10-4-3-6-14-7-5-13/h13H,2-7H2,1H3,(H,10,11,12). The summed E-state index contributed by atoms with van der Waals surface area (Å²) in [5.41, 5.74) is 0. The second-order valence-electron chi connectivity index (χ2n) is 2.99. The lowest BCUT2D eigenvalue weighted by Gasteiger charge is -2.02. The number of anilines is 1. The molecule has 0 aliphatic heterocycles. The Bertz CT molecular complexity index is 268. The smallest absolute Gasteiger partial charge is 0.202 e. The zero-order valence-corrected chi connectivity index (χ0v) is 9.72. The van der Waals surface area contributed by atoms with Crippen molar-refractivity contribution in [3.63, 3.8) is 0 Å². The van der Waals surface area contributed by atoms with Crippen molar-refractivity contribution >= 4 is 16.7 Å². The van der Waals surface area contributed by atoms with E-state index in [4.69, 9.17) is 9.84 Å². The van der Waals surface area contributed by atoms with E-state index in [1.54, 1.807) is 0 Å². The van der Waals surface area contributed by atoms with Gasteiger partial charge in [-0.05, 0) is 6.42 Å². The monoisotopic (exact) mass is 231 g/mol. The van der Waals surface area contributed by atoms with Gasteiger partial charge >= 0.3 is 0 Å². The Morgan fingerprint density at radius 3 is 3.00 bits per heavy atom. The Labute approximate surface area is 93.7 Å². The number of hydrogen-bond acceptors (Lipinski definition) is 6. The van der Waals surface area contributed by atoms with Gasteiger partial charge < -0.3 is 15.2 Å². The van der Waals surface area contributed by atoms with Gasteiger partial charge in [0.1, 0.15) is 5.82 Å². The quantitative estimate of drug-likeness (QED) is 0.651. The maximum Gasteiger partial charge on any atom is 0.202 e. The lowest BCUT2D eigenvalue weighted by Crippen LogP contribution is -2.07. The molecule has 86 valence electrons. The molecule has 0 saturated heterocycles. The fourth-order valence-corrected chi connectivity index (χ4v) is 1.68. The maximum absolute atomic E-state index is 8.47. The molecular weight excluding hydrogens is 214 g/mol. The Kier molecular flexibility index (Phi) is 6.22. The summed E-state index contributed by atoms with van der Waals surface area (Å²) in [7, 11) is 0. The minimum absolute atomic E-state index is 0.0870. The van der Waals surface area contributed by atoms with Gasteiger partial charge in [-0.1, -0.05) is 6.92 Å². The molecule has 1 rings (SSSR count). The summed E-state index contributed by atoms with van der Waals surface area (Å²) in [6.45, 7) is 4.02. The molecule has 0 radical (unpaired) electrons. The van der Waals surface area contributed by atoms with Gasteiger partial charge in [-0.3, -0.25) is 0 Å². The highest BCUT2D eigenvalue weighted by molar-refractivity contribution is 7.09. The predicted octanol–water partition coefficient (Wildman–Crippen LogP) is 0.911. The molecule has 15 heavy (non-hydrogen) atoms. The molecule has 0 bridgehead atoms. The van der Waals surface area contributed by atoms with Crippen molar-refractivity contribution in [1.29, 1.82) is 0 Å². The molecule has 0 atom stereocenters. The summed E-state index contributed by atoms with van der Waals surface area (Å²) in [5, 5.41) is 12.5. The van der Waals surface area contributed by atoms with E-state index in [0.29, 0.717) is 13.2 Å². The number of nitrogens with zero attached hydrogens (tertiary/aromatic N) is 2. The van der Waals surface area contributed by atoms with Crippen LogP contribution in [-0.4, -0.2) is 40.8 Å². The first-order valence-electron chi connectivity index (χ1n) is 5.12. The molecule has 1 aromatic heterocycles. The first kappa shape index (κ1) is 12.4. The van der Waals surface area contributed by atoms with Crippen LogP contribution >= 0.6 is 11.5 Å². The van der Waals surface area contributed by atoms with Crippen molar-refractivity contribution in [3.8, 4) is 0 Å². The van der Waals surface area contributed by atoms with Gasteiger partial charge in [-0.2, -0.15) is 4.37 Å². The zero-order chi connectivity index (χ0) is 10.9. The van der Waals surface area contributed by atoms with Gasteiger partial charge in [-0.25, -0.2) is 4.98 Å². The van der Waals surface area contributed by atoms with Gasteiger partial charge in [0.05, 0.1) is 13.2 Å². The molecule has 0 saturated carbocycles. The highest BCUT2D eigenvalue weighted by Gasteiger charge is 2.00. The molecule has 0 unspecified atom stereocenters. The van der Waals surface area contributed by atoms with Gasteiger partial charge in [-0.15, -0.1) is 0 Å². The lowest BCUT2D eigenvalue weighted by atomic mass is 10.4. The minimum Gasteiger partial charge on any atom is -0.394 e. The predicted molar refractivity (Wildman–Crippen MR) is 60.3 cm³/mol. The van der Waals surface area contributed by atoms with E-state index in [9.17, 15) is 0 Å². The normalized spacial score (nSPS) is 10.5. The van der Waals surface area contributed by atoms with Gasteiger partial charge in [0.15, 0.2) is 0 Å². The second-order valence-corrected chi connectivity index (χ2v) is 3.74. The van der Waals surface area contributed by atoms with E-state index in [1.165, 1.54) is 11.5 Å². The SMILES string of the molecule is CCc1nsc(NCCCOCCO)n1. The summed E-state index contributed by atoms with van der Waals surface area (Å²) in [4.78, 5) is 4.28. The molecule has 2 N–H and O–H groups in total. The molecule has 1 heterocycles. The molecule has 6 heteroatoms. The van der Waals surface area contributed by atoms with Crippen molar-refractivity contribution in [2.45, 2.75) is 19.8 Å². The molecule has 1 aromatic rings. The van der Waals surface area contributed by atoms with Crippen LogP contribution in [0, 0.1) is 0 Å². The summed E-state index contributed by atoms with van der Waals surface area (Å²) in [6, 6.07) is 0. The first-order chi connectivity index (χ1) is 7.36. The first-order valence-corrected chi connectivity index (χ1v) is 5.89. The summed E-state index contributed by atoms with van der Waals surface area (Å²) in [5.74, 6) is 0.888. The Balaban J connectivity index is 2.04. The number of nitrogens with one attached hydrogen (secondary N) is 1. The van der Waals surface area contributed by atoms with Crippen molar-refractivity contribution in [3.05, 3.63) is 5.82 Å². The molecule has 0 spiro atoms. The fourth-order valence-electron chi connectivity index (χ4n) is 1.01. The number of aliphatic hydroxyl groups excluding tert-OH is 1. The van der Waals surface area contributed by atoms with Crippen molar-refractivity contribution in [1.82, 2.24) is 9.36 Å². The van der Waals surface area contributed by atoms with Crippen LogP contribution in [0.5, 0.6) is 0 Å². The summed E-state index contributed by atoms with van der Waals surface area (Å²) >= 11 is 1.39. The largest absolute Gasteiger partial charge is 0.394 e. The van der Waals surface area contributed by atoms with Crippen LogP contribution in [0.2, 0.25) is 0 Å². The van der Waals surface area contributed by atoms with Crippen LogP contribution < -0.4 is 5.32 Å². The number of aryl methyl sites for hydroxylation is 1. The summed E-state index contributed by atoms with van der Waals surface area (Å²) < 4.78 is 9.29. The number of aromatic nitrogens is 2. The zero-order valence-electron chi connectivity index (χ0n) is 8.90. The van der Waals surface area contributed by atoms with E-state index in [0.717, 1.165) is 30.3 Å². The van der Waals surface area contributed by atoms with Gasteiger partial charge in [0.25, 0.3) is 0 Å². The van der Waals surface area contributed by atoms with Crippen LogP contribution in [0.25, 0.3) is 0 Å². The third kappa shape index (κ3) is 5.06. The number of ether oxygens (including phenoxy) is 1. The van der Waals surface area contributed by atoms with Gasteiger partial charge in [0.2, 0.25) is 5.13 Å². The molecule has 0 aromatic carbocycles. The highest BCUT2D eigenvalue weighted by Crippen LogP contribution is 2.10. The maximum atomic E-state index is 8.47. The van der Waals surface area contributed by atoms with E-state index < -0.39 is 0 Å². The van der Waals surface area contributed by atoms with Crippen LogP contribution in [0.3, 0.4) is 0 Å². The lowest BCUT2D eigenvalue weighted by molar-refractivity contribution is 0.0922. The molecule has 0 aliphatic carbocycles.